The molecule has 0 amide bonds. The van der Waals surface area contributed by atoms with E-state index in [2.05, 4.69) is 11.7 Å². The van der Waals surface area contributed by atoms with Crippen molar-refractivity contribution in [2.75, 3.05) is 6.61 Å². The van der Waals surface area contributed by atoms with Crippen LogP contribution in [0.15, 0.2) is 12.1 Å². The smallest absolute Gasteiger partial charge is 0.367 e. The standard InChI is InChI=1S/C18H23F5O/c1-2-3-12-4-6-13(7-5-12)15-9-8-14(16(19)17(15)20)10-24-11-18(21,22)23/h8-9,12-13H,2-7,10-11H2,1H3. The third kappa shape index (κ3) is 5.16. The van der Waals surface area contributed by atoms with Crippen LogP contribution in [0.5, 0.6) is 0 Å². The number of hydrogen-bond donors (Lipinski definition) is 0. The topological polar surface area (TPSA) is 9.23 Å². The Morgan fingerprint density at radius 3 is 2.29 bits per heavy atom. The van der Waals surface area contributed by atoms with Gasteiger partial charge in [-0.1, -0.05) is 31.9 Å². The minimum Gasteiger partial charge on any atom is -0.367 e. The van der Waals surface area contributed by atoms with Crippen LogP contribution in [-0.4, -0.2) is 12.8 Å². The monoisotopic (exact) mass is 350 g/mol. The van der Waals surface area contributed by atoms with Crippen molar-refractivity contribution in [3.8, 4) is 0 Å². The third-order valence-electron chi connectivity index (χ3n) is 4.70. The SMILES string of the molecule is CCCC1CCC(c2ccc(COCC(F)(F)F)c(F)c2F)CC1. The molecule has 0 aliphatic heterocycles. The summed E-state index contributed by atoms with van der Waals surface area (Å²) in [6.45, 7) is 0.0732. The van der Waals surface area contributed by atoms with Crippen LogP contribution in [0.2, 0.25) is 0 Å². The molecule has 6 heteroatoms. The Morgan fingerprint density at radius 2 is 1.71 bits per heavy atom. The molecule has 1 aromatic rings. The fourth-order valence-electron chi connectivity index (χ4n) is 3.48. The van der Waals surface area contributed by atoms with Crippen molar-refractivity contribution >= 4 is 0 Å². The Labute approximate surface area is 139 Å². The molecule has 24 heavy (non-hydrogen) atoms. The van der Waals surface area contributed by atoms with Crippen LogP contribution in [0, 0.1) is 17.6 Å². The molecule has 0 saturated heterocycles. The highest BCUT2D eigenvalue weighted by atomic mass is 19.4. The molecule has 0 radical (unpaired) electrons. The van der Waals surface area contributed by atoms with Crippen molar-refractivity contribution in [3.63, 3.8) is 0 Å². The minimum atomic E-state index is -4.48. The van der Waals surface area contributed by atoms with Crippen LogP contribution >= 0.6 is 0 Å². The second kappa shape index (κ2) is 8.28. The predicted molar refractivity (Wildman–Crippen MR) is 81.7 cm³/mol. The molecule has 0 unspecified atom stereocenters. The van der Waals surface area contributed by atoms with Gasteiger partial charge in [-0.15, -0.1) is 0 Å². The van der Waals surface area contributed by atoms with Gasteiger partial charge in [0, 0.05) is 5.56 Å². The first-order chi connectivity index (χ1) is 11.3. The summed E-state index contributed by atoms with van der Waals surface area (Å²) in [4.78, 5) is 0. The molecule has 0 bridgehead atoms. The lowest BCUT2D eigenvalue weighted by Gasteiger charge is -2.29. The van der Waals surface area contributed by atoms with Crippen molar-refractivity contribution in [1.29, 1.82) is 0 Å². The lowest BCUT2D eigenvalue weighted by molar-refractivity contribution is -0.176. The zero-order chi connectivity index (χ0) is 17.7. The van der Waals surface area contributed by atoms with Gasteiger partial charge in [0.1, 0.15) is 6.61 Å². The normalized spacial score (nSPS) is 21.9. The second-order valence-corrected chi connectivity index (χ2v) is 6.56. The van der Waals surface area contributed by atoms with E-state index in [-0.39, 0.29) is 11.5 Å². The molecular weight excluding hydrogens is 327 g/mol. The van der Waals surface area contributed by atoms with E-state index in [1.54, 1.807) is 0 Å². The number of hydrogen-bond acceptors (Lipinski definition) is 1. The molecule has 2 rings (SSSR count). The maximum absolute atomic E-state index is 14.3. The quantitative estimate of drug-likeness (QED) is 0.562. The lowest BCUT2D eigenvalue weighted by atomic mass is 9.77. The van der Waals surface area contributed by atoms with E-state index in [0.717, 1.165) is 32.1 Å². The third-order valence-corrected chi connectivity index (χ3v) is 4.70. The molecule has 1 aromatic carbocycles. The van der Waals surface area contributed by atoms with Gasteiger partial charge in [0.15, 0.2) is 11.6 Å². The van der Waals surface area contributed by atoms with Crippen LogP contribution in [0.3, 0.4) is 0 Å². The fraction of sp³-hybridized carbons (Fsp3) is 0.667. The summed E-state index contributed by atoms with van der Waals surface area (Å²) in [7, 11) is 0. The maximum Gasteiger partial charge on any atom is 0.411 e. The zero-order valence-electron chi connectivity index (χ0n) is 13.8. The number of ether oxygens (including phenoxy) is 1. The molecule has 1 aliphatic rings. The second-order valence-electron chi connectivity index (χ2n) is 6.56. The Morgan fingerprint density at radius 1 is 1.04 bits per heavy atom. The van der Waals surface area contributed by atoms with Gasteiger partial charge in [0.2, 0.25) is 0 Å². The minimum absolute atomic E-state index is 0.0160. The van der Waals surface area contributed by atoms with Crippen LogP contribution in [0.4, 0.5) is 22.0 Å². The van der Waals surface area contributed by atoms with Crippen molar-refractivity contribution in [1.82, 2.24) is 0 Å². The highest BCUT2D eigenvalue weighted by molar-refractivity contribution is 5.29. The van der Waals surface area contributed by atoms with Gasteiger partial charge in [-0.3, -0.25) is 0 Å². The van der Waals surface area contributed by atoms with Gasteiger partial charge in [0.25, 0.3) is 0 Å². The van der Waals surface area contributed by atoms with Gasteiger partial charge in [0.05, 0.1) is 6.61 Å². The summed E-state index contributed by atoms with van der Waals surface area (Å²) in [6.07, 6.45) is 1.48. The molecule has 0 atom stereocenters. The fourth-order valence-corrected chi connectivity index (χ4v) is 3.48. The Hall–Kier alpha value is -1.17. The maximum atomic E-state index is 14.3. The number of halogens is 5. The van der Waals surface area contributed by atoms with E-state index >= 15 is 0 Å². The predicted octanol–water partition coefficient (Wildman–Crippen LogP) is 6.12. The average Bonchev–Trinajstić information content (AvgIpc) is 2.52. The molecular formula is C18H23F5O. The Balaban J connectivity index is 1.99. The number of alkyl halides is 3. The molecule has 0 aromatic heterocycles. The molecule has 1 nitrogen and oxygen atoms in total. The molecule has 1 aliphatic carbocycles. The summed E-state index contributed by atoms with van der Waals surface area (Å²) in [6, 6.07) is 2.83. The molecule has 1 saturated carbocycles. The molecule has 136 valence electrons. The summed E-state index contributed by atoms with van der Waals surface area (Å²) >= 11 is 0. The number of rotatable bonds is 6. The van der Waals surface area contributed by atoms with Gasteiger partial charge >= 0.3 is 6.18 Å². The summed E-state index contributed by atoms with van der Waals surface area (Å²) < 4.78 is 68.9. The van der Waals surface area contributed by atoms with Crippen LogP contribution in [0.25, 0.3) is 0 Å². The van der Waals surface area contributed by atoms with Crippen molar-refractivity contribution < 1.29 is 26.7 Å². The van der Waals surface area contributed by atoms with E-state index < -0.39 is 31.0 Å². The molecule has 1 fully saturated rings. The zero-order valence-corrected chi connectivity index (χ0v) is 13.8. The lowest BCUT2D eigenvalue weighted by Crippen LogP contribution is -2.17. The van der Waals surface area contributed by atoms with E-state index in [9.17, 15) is 22.0 Å². The largest absolute Gasteiger partial charge is 0.411 e. The molecule has 0 heterocycles. The average molecular weight is 350 g/mol. The summed E-state index contributed by atoms with van der Waals surface area (Å²) in [5.41, 5.74) is 0.155. The van der Waals surface area contributed by atoms with E-state index in [4.69, 9.17) is 0 Å². The first-order valence-corrected chi connectivity index (χ1v) is 8.43. The summed E-state index contributed by atoms with van der Waals surface area (Å²) in [5, 5.41) is 0. The van der Waals surface area contributed by atoms with Gasteiger partial charge in [-0.25, -0.2) is 8.78 Å². The van der Waals surface area contributed by atoms with Crippen LogP contribution < -0.4 is 0 Å². The van der Waals surface area contributed by atoms with E-state index in [1.807, 2.05) is 0 Å². The van der Waals surface area contributed by atoms with Crippen molar-refractivity contribution in [3.05, 3.63) is 34.9 Å². The van der Waals surface area contributed by atoms with Crippen molar-refractivity contribution in [2.45, 2.75) is 64.1 Å². The Kier molecular flexibility index (Phi) is 6.61. The molecule has 0 N–H and O–H groups in total. The first kappa shape index (κ1) is 19.2. The van der Waals surface area contributed by atoms with E-state index in [0.29, 0.717) is 11.5 Å². The van der Waals surface area contributed by atoms with Gasteiger partial charge < -0.3 is 4.74 Å². The van der Waals surface area contributed by atoms with Crippen LogP contribution in [0.1, 0.15) is 62.5 Å². The number of benzene rings is 1. The van der Waals surface area contributed by atoms with Crippen molar-refractivity contribution in [2.24, 2.45) is 5.92 Å². The highest BCUT2D eigenvalue weighted by Crippen LogP contribution is 2.39. The van der Waals surface area contributed by atoms with Crippen LogP contribution in [-0.2, 0) is 11.3 Å². The summed E-state index contributed by atoms with van der Waals surface area (Å²) in [5.74, 6) is -1.39. The van der Waals surface area contributed by atoms with E-state index in [1.165, 1.54) is 18.6 Å². The van der Waals surface area contributed by atoms with Gasteiger partial charge in [-0.2, -0.15) is 13.2 Å². The Bertz CT molecular complexity index is 533. The highest BCUT2D eigenvalue weighted by Gasteiger charge is 2.28. The molecule has 0 spiro atoms. The van der Waals surface area contributed by atoms with Gasteiger partial charge in [-0.05, 0) is 43.1 Å². The first-order valence-electron chi connectivity index (χ1n) is 8.43.